The van der Waals surface area contributed by atoms with E-state index in [1.807, 2.05) is 29.6 Å². The molecule has 0 spiro atoms. The third kappa shape index (κ3) is 1.97. The molecule has 2 rings (SSSR count). The summed E-state index contributed by atoms with van der Waals surface area (Å²) in [5, 5.41) is 1.94. The fraction of sp³-hybridized carbons (Fsp3) is 0.100. The Morgan fingerprint density at radius 3 is 2.57 bits per heavy atom. The molecular formula is C10H8NOS2. The van der Waals surface area contributed by atoms with Crippen molar-refractivity contribution in [2.45, 2.75) is 4.90 Å². The first kappa shape index (κ1) is 9.71. The van der Waals surface area contributed by atoms with Crippen molar-refractivity contribution in [1.29, 1.82) is 0 Å². The Kier molecular flexibility index (Phi) is 2.86. The number of nitrogens with zero attached hydrogens (tertiary/aromatic N) is 1. The lowest BCUT2D eigenvalue weighted by molar-refractivity contribution is 0.601. The van der Waals surface area contributed by atoms with E-state index in [1.165, 1.54) is 11.3 Å². The summed E-state index contributed by atoms with van der Waals surface area (Å²) in [4.78, 5) is 4.92. The fourth-order valence-electron chi connectivity index (χ4n) is 1.13. The summed E-state index contributed by atoms with van der Waals surface area (Å²) >= 11 is 0.539. The first-order valence-corrected chi connectivity index (χ1v) is 6.46. The SMILES string of the molecule is C[S+]([O-])c1ccc(-c2cs[c]n2)cc1. The number of hydrogen-bond acceptors (Lipinski definition) is 3. The monoisotopic (exact) mass is 222 g/mol. The van der Waals surface area contributed by atoms with Crippen molar-refractivity contribution in [1.82, 2.24) is 4.98 Å². The smallest absolute Gasteiger partial charge is 0.152 e. The highest BCUT2D eigenvalue weighted by Gasteiger charge is 2.04. The van der Waals surface area contributed by atoms with Gasteiger partial charge < -0.3 is 4.55 Å². The van der Waals surface area contributed by atoms with Gasteiger partial charge in [-0.3, -0.25) is 0 Å². The Bertz CT molecular complexity index is 395. The third-order valence-corrected chi connectivity index (χ3v) is 3.35. The molecular weight excluding hydrogens is 214 g/mol. The summed E-state index contributed by atoms with van der Waals surface area (Å²) in [5.41, 5.74) is 4.76. The van der Waals surface area contributed by atoms with Crippen molar-refractivity contribution in [3.8, 4) is 11.3 Å². The summed E-state index contributed by atoms with van der Waals surface area (Å²) in [6.07, 6.45) is 1.67. The van der Waals surface area contributed by atoms with Gasteiger partial charge in [0, 0.05) is 10.9 Å². The standard InChI is InChI=1S/C10H8NOS2/c1-14(12)9-4-2-8(3-5-9)10-6-13-7-11-10/h2-6H,1H3. The summed E-state index contributed by atoms with van der Waals surface area (Å²) in [5.74, 6) is 0. The predicted molar refractivity (Wildman–Crippen MR) is 58.7 cm³/mol. The molecule has 2 nitrogen and oxygen atoms in total. The molecule has 1 radical (unpaired) electrons. The number of thiazole rings is 1. The van der Waals surface area contributed by atoms with E-state index in [2.05, 4.69) is 10.5 Å². The lowest BCUT2D eigenvalue weighted by atomic mass is 10.2. The molecule has 4 heteroatoms. The molecule has 1 unspecified atom stereocenters. The maximum Gasteiger partial charge on any atom is 0.152 e. The van der Waals surface area contributed by atoms with Gasteiger partial charge in [0.2, 0.25) is 0 Å². The van der Waals surface area contributed by atoms with E-state index in [9.17, 15) is 4.55 Å². The highest BCUT2D eigenvalue weighted by molar-refractivity contribution is 7.90. The molecule has 0 aliphatic heterocycles. The molecule has 0 saturated carbocycles. The quantitative estimate of drug-likeness (QED) is 0.731. The molecule has 0 bridgehead atoms. The lowest BCUT2D eigenvalue weighted by Crippen LogP contribution is -1.96. The Labute approximate surface area is 89.8 Å². The van der Waals surface area contributed by atoms with Gasteiger partial charge in [-0.05, 0) is 35.4 Å². The summed E-state index contributed by atoms with van der Waals surface area (Å²) in [7, 11) is 0. The average molecular weight is 222 g/mol. The number of rotatable bonds is 2. The second-order valence-electron chi connectivity index (χ2n) is 2.80. The molecule has 1 aromatic carbocycles. The van der Waals surface area contributed by atoms with Crippen LogP contribution in [0.4, 0.5) is 0 Å². The normalized spacial score (nSPS) is 12.7. The zero-order chi connectivity index (χ0) is 9.97. The molecule has 0 amide bonds. The molecule has 1 heterocycles. The van der Waals surface area contributed by atoms with Crippen LogP contribution in [0.5, 0.6) is 0 Å². The van der Waals surface area contributed by atoms with Crippen LogP contribution in [0.1, 0.15) is 0 Å². The Morgan fingerprint density at radius 1 is 1.36 bits per heavy atom. The Morgan fingerprint density at radius 2 is 2.07 bits per heavy atom. The van der Waals surface area contributed by atoms with Crippen molar-refractivity contribution in [3.63, 3.8) is 0 Å². The minimum atomic E-state index is -0.910. The zero-order valence-corrected chi connectivity index (χ0v) is 9.19. The van der Waals surface area contributed by atoms with Gasteiger partial charge in [-0.1, -0.05) is 0 Å². The third-order valence-electron chi connectivity index (χ3n) is 1.87. The van der Waals surface area contributed by atoms with Gasteiger partial charge in [-0.25, -0.2) is 4.98 Å². The molecule has 0 N–H and O–H groups in total. The van der Waals surface area contributed by atoms with Gasteiger partial charge in [0.1, 0.15) is 6.26 Å². The highest BCUT2D eigenvalue weighted by atomic mass is 32.2. The van der Waals surface area contributed by atoms with Crippen LogP contribution in [0.3, 0.4) is 0 Å². The predicted octanol–water partition coefficient (Wildman–Crippen LogP) is 2.35. The zero-order valence-electron chi connectivity index (χ0n) is 7.56. The van der Waals surface area contributed by atoms with Crippen molar-refractivity contribution in [2.75, 3.05) is 6.26 Å². The van der Waals surface area contributed by atoms with Crippen LogP contribution in [0.2, 0.25) is 0 Å². The number of benzene rings is 1. The van der Waals surface area contributed by atoms with Crippen LogP contribution in [0.25, 0.3) is 11.3 Å². The maximum absolute atomic E-state index is 11.1. The van der Waals surface area contributed by atoms with Gasteiger partial charge in [0.25, 0.3) is 0 Å². The minimum Gasteiger partial charge on any atom is -0.612 e. The molecule has 1 aromatic heterocycles. The molecule has 0 fully saturated rings. The van der Waals surface area contributed by atoms with Gasteiger partial charge in [-0.15, -0.1) is 11.3 Å². The second kappa shape index (κ2) is 4.13. The molecule has 14 heavy (non-hydrogen) atoms. The van der Waals surface area contributed by atoms with Crippen LogP contribution < -0.4 is 0 Å². The van der Waals surface area contributed by atoms with Crippen LogP contribution in [0.15, 0.2) is 34.5 Å². The van der Waals surface area contributed by atoms with Gasteiger partial charge >= 0.3 is 0 Å². The van der Waals surface area contributed by atoms with Crippen molar-refractivity contribution in [2.24, 2.45) is 0 Å². The van der Waals surface area contributed by atoms with Crippen molar-refractivity contribution in [3.05, 3.63) is 35.2 Å². The fourth-order valence-corrected chi connectivity index (χ4v) is 2.16. The Balaban J connectivity index is 2.31. The molecule has 71 valence electrons. The summed E-state index contributed by atoms with van der Waals surface area (Å²) in [6, 6.07) is 7.59. The topological polar surface area (TPSA) is 36.0 Å². The van der Waals surface area contributed by atoms with Gasteiger partial charge in [0.15, 0.2) is 10.4 Å². The van der Waals surface area contributed by atoms with Crippen molar-refractivity contribution < 1.29 is 4.55 Å². The first-order valence-electron chi connectivity index (χ1n) is 4.03. The van der Waals surface area contributed by atoms with E-state index in [-0.39, 0.29) is 0 Å². The van der Waals surface area contributed by atoms with E-state index in [0.717, 1.165) is 16.2 Å². The van der Waals surface area contributed by atoms with E-state index in [4.69, 9.17) is 0 Å². The average Bonchev–Trinajstić information content (AvgIpc) is 2.71. The lowest BCUT2D eigenvalue weighted by Gasteiger charge is -2.03. The highest BCUT2D eigenvalue weighted by Crippen LogP contribution is 2.20. The van der Waals surface area contributed by atoms with Crippen LogP contribution in [-0.4, -0.2) is 15.8 Å². The number of aromatic nitrogens is 1. The van der Waals surface area contributed by atoms with Crippen LogP contribution in [0, 0.1) is 5.51 Å². The van der Waals surface area contributed by atoms with Crippen LogP contribution >= 0.6 is 11.3 Å². The second-order valence-corrected chi connectivity index (χ2v) is 4.84. The Hall–Kier alpha value is -0.840. The maximum atomic E-state index is 11.1. The van der Waals surface area contributed by atoms with E-state index in [1.54, 1.807) is 6.26 Å². The van der Waals surface area contributed by atoms with E-state index >= 15 is 0 Å². The minimum absolute atomic E-state index is 0.841. The van der Waals surface area contributed by atoms with E-state index in [0.29, 0.717) is 0 Å². The largest absolute Gasteiger partial charge is 0.612 e. The van der Waals surface area contributed by atoms with Crippen molar-refractivity contribution >= 4 is 22.5 Å². The van der Waals surface area contributed by atoms with Crippen LogP contribution in [-0.2, 0) is 11.2 Å². The molecule has 0 aliphatic rings. The molecule has 0 aliphatic carbocycles. The molecule has 1 atom stereocenters. The summed E-state index contributed by atoms with van der Waals surface area (Å²) in [6.45, 7) is 0. The van der Waals surface area contributed by atoms with E-state index < -0.39 is 11.2 Å². The molecule has 0 saturated heterocycles. The molecule has 2 aromatic rings. The van der Waals surface area contributed by atoms with Gasteiger partial charge in [-0.2, -0.15) is 0 Å². The van der Waals surface area contributed by atoms with Gasteiger partial charge in [0.05, 0.1) is 5.69 Å². The first-order chi connectivity index (χ1) is 6.77. The summed E-state index contributed by atoms with van der Waals surface area (Å²) < 4.78 is 11.1. The number of hydrogen-bond donors (Lipinski definition) is 0.